The lowest BCUT2D eigenvalue weighted by Gasteiger charge is -2.40. The van der Waals surface area contributed by atoms with Gasteiger partial charge in [0.05, 0.1) is 0 Å². The minimum absolute atomic E-state index is 0.0465. The van der Waals surface area contributed by atoms with Gasteiger partial charge in [-0.2, -0.15) is 0 Å². The van der Waals surface area contributed by atoms with Gasteiger partial charge in [0.25, 0.3) is 5.91 Å². The number of nitrogens with one attached hydrogen (secondary N) is 1. The Morgan fingerprint density at radius 3 is 2.23 bits per heavy atom. The quantitative estimate of drug-likeness (QED) is 0.478. The fourth-order valence-electron chi connectivity index (χ4n) is 8.02. The van der Waals surface area contributed by atoms with E-state index in [2.05, 4.69) is 61.1 Å². The molecule has 4 heterocycles. The van der Waals surface area contributed by atoms with E-state index in [1.165, 1.54) is 23.1 Å². The number of fused-ring (bicyclic) bond motifs is 1. The Morgan fingerprint density at radius 2 is 1.50 bits per heavy atom. The summed E-state index contributed by atoms with van der Waals surface area (Å²) in [7, 11) is 2.19. The number of anilines is 1. The lowest BCUT2D eigenvalue weighted by molar-refractivity contribution is -0.142. The van der Waals surface area contributed by atoms with Crippen LogP contribution in [0.1, 0.15) is 59.9 Å². The Kier molecular flexibility index (Phi) is 10.9. The third kappa shape index (κ3) is 7.97. The first-order valence-corrected chi connectivity index (χ1v) is 18.1. The number of benzene rings is 2. The van der Waals surface area contributed by atoms with Gasteiger partial charge in [-0.05, 0) is 113 Å². The summed E-state index contributed by atoms with van der Waals surface area (Å²) >= 11 is 0. The fraction of sp³-hybridized carbons (Fsp3) is 0.605. The molecular weight excluding hydrogens is 604 g/mol. The van der Waals surface area contributed by atoms with Crippen molar-refractivity contribution in [3.05, 3.63) is 64.2 Å². The Balaban J connectivity index is 1.08. The Bertz CT molecular complexity index is 1440. The number of para-hydroxylation sites is 1. The van der Waals surface area contributed by atoms with Gasteiger partial charge in [0.1, 0.15) is 0 Å². The minimum Gasteiger partial charge on any atom is -0.436 e. The molecule has 10 nitrogen and oxygen atoms in total. The number of likely N-dealkylation sites (N-methyl/N-ethyl adjacent to an activating group) is 1. The number of carbonyl (C=O) groups excluding carboxylic acids is 3. The average Bonchev–Trinajstić information content (AvgIpc) is 3.41. The number of hydrogen-bond donors (Lipinski definition) is 1. The van der Waals surface area contributed by atoms with E-state index in [0.717, 1.165) is 62.3 Å². The number of nitrogens with zero attached hydrogens (tertiary/aromatic N) is 5. The topological polar surface area (TPSA) is 88.7 Å². The molecule has 0 radical (unpaired) electrons. The number of ether oxygens (including phenoxy) is 1. The zero-order chi connectivity index (χ0) is 33.8. The van der Waals surface area contributed by atoms with Crippen molar-refractivity contribution in [2.45, 2.75) is 83.9 Å². The summed E-state index contributed by atoms with van der Waals surface area (Å²) in [6.45, 7) is 13.7. The molecule has 260 valence electrons. The first kappa shape index (κ1) is 34.2. The Hall–Kier alpha value is -3.63. The smallest absolute Gasteiger partial charge is 0.410 e. The minimum atomic E-state index is -0.880. The Labute approximate surface area is 286 Å². The summed E-state index contributed by atoms with van der Waals surface area (Å²) in [6.07, 6.45) is 4.25. The van der Waals surface area contributed by atoms with E-state index < -0.39 is 12.2 Å². The maximum Gasteiger partial charge on any atom is 0.410 e. The summed E-state index contributed by atoms with van der Waals surface area (Å²) < 4.78 is 6.14. The molecule has 2 aromatic rings. The molecule has 2 aromatic carbocycles. The van der Waals surface area contributed by atoms with E-state index in [1.54, 1.807) is 4.90 Å². The van der Waals surface area contributed by atoms with Crippen molar-refractivity contribution in [3.63, 3.8) is 0 Å². The van der Waals surface area contributed by atoms with Crippen LogP contribution >= 0.6 is 0 Å². The molecule has 0 saturated carbocycles. The van der Waals surface area contributed by atoms with Gasteiger partial charge in [-0.1, -0.05) is 30.3 Å². The molecule has 6 rings (SSSR count). The molecule has 48 heavy (non-hydrogen) atoms. The number of carbonyl (C=O) groups is 3. The molecule has 0 aliphatic carbocycles. The van der Waals surface area contributed by atoms with Gasteiger partial charge in [-0.25, -0.2) is 9.59 Å². The third-order valence-electron chi connectivity index (χ3n) is 11.3. The van der Waals surface area contributed by atoms with Crippen LogP contribution in [0.25, 0.3) is 0 Å². The molecule has 1 atom stereocenters. The second-order valence-electron chi connectivity index (χ2n) is 14.4. The van der Waals surface area contributed by atoms with Crippen LogP contribution in [0.4, 0.5) is 15.3 Å². The van der Waals surface area contributed by atoms with Crippen molar-refractivity contribution in [3.8, 4) is 0 Å². The zero-order valence-electron chi connectivity index (χ0n) is 29.4. The number of urea groups is 1. The third-order valence-corrected chi connectivity index (χ3v) is 11.3. The molecule has 1 N–H and O–H groups in total. The van der Waals surface area contributed by atoms with Crippen molar-refractivity contribution in [1.29, 1.82) is 0 Å². The summed E-state index contributed by atoms with van der Waals surface area (Å²) in [5.41, 5.74) is 6.62. The van der Waals surface area contributed by atoms with Crippen LogP contribution in [0, 0.1) is 20.8 Å². The van der Waals surface area contributed by atoms with Crippen LogP contribution in [0.15, 0.2) is 36.4 Å². The summed E-state index contributed by atoms with van der Waals surface area (Å²) in [6, 6.07) is 12.6. The lowest BCUT2D eigenvalue weighted by Crippen LogP contribution is -2.52. The first-order valence-electron chi connectivity index (χ1n) is 18.1. The molecule has 0 unspecified atom stereocenters. The molecular formula is C38H54N6O4. The summed E-state index contributed by atoms with van der Waals surface area (Å²) in [5.74, 6) is -0.0935. The second-order valence-corrected chi connectivity index (χ2v) is 14.4. The molecule has 10 heteroatoms. The molecule has 4 amide bonds. The van der Waals surface area contributed by atoms with Crippen molar-refractivity contribution < 1.29 is 19.1 Å². The maximum absolute atomic E-state index is 14.1. The SMILES string of the molecule is Cc1cc(C[C@@H](OC(=O)N2CCC(N3CCc4ccccc4NC3=O)CC2)C(=O)N2CCC(N3CCCN(C)CC3)CC2)cc(C)c1C. The van der Waals surface area contributed by atoms with Crippen LogP contribution in [-0.2, 0) is 22.4 Å². The highest BCUT2D eigenvalue weighted by molar-refractivity contribution is 5.91. The van der Waals surface area contributed by atoms with Gasteiger partial charge in [-0.15, -0.1) is 0 Å². The first-order chi connectivity index (χ1) is 23.2. The van der Waals surface area contributed by atoms with Gasteiger partial charge in [0.15, 0.2) is 6.10 Å². The highest BCUT2D eigenvalue weighted by Gasteiger charge is 2.36. The van der Waals surface area contributed by atoms with Crippen LogP contribution in [0.2, 0.25) is 0 Å². The normalized spacial score (nSPS) is 21.2. The van der Waals surface area contributed by atoms with Crippen LogP contribution < -0.4 is 5.32 Å². The standard InChI is InChI=1S/C38H54N6O4/c1-27-24-30(25-28(2)29(27)3)26-35(36(45)42-17-11-32(12-18-42)41-16-7-15-40(4)22-23-41)48-38(47)43-19-13-33(14-20-43)44-21-10-31-8-5-6-9-34(31)39-37(44)46/h5-6,8-9,24-25,32-33,35H,7,10-23,26H2,1-4H3,(H,39,46)/t35-/m1/s1. The fourth-order valence-corrected chi connectivity index (χ4v) is 8.02. The monoisotopic (exact) mass is 658 g/mol. The predicted octanol–water partition coefficient (Wildman–Crippen LogP) is 4.84. The van der Waals surface area contributed by atoms with Gasteiger partial charge in [0.2, 0.25) is 0 Å². The summed E-state index contributed by atoms with van der Waals surface area (Å²) in [5, 5.41) is 3.07. The number of amides is 4. The van der Waals surface area contributed by atoms with Gasteiger partial charge in [0, 0.05) is 70.0 Å². The second kappa shape index (κ2) is 15.3. The zero-order valence-corrected chi connectivity index (χ0v) is 29.4. The van der Waals surface area contributed by atoms with Crippen molar-refractivity contribution in [2.75, 3.05) is 71.3 Å². The summed E-state index contributed by atoms with van der Waals surface area (Å²) in [4.78, 5) is 51.5. The van der Waals surface area contributed by atoms with Gasteiger partial charge in [-0.3, -0.25) is 9.69 Å². The maximum atomic E-state index is 14.1. The molecule has 0 bridgehead atoms. The molecule has 0 aromatic heterocycles. The van der Waals surface area contributed by atoms with E-state index in [1.807, 2.05) is 28.0 Å². The number of hydrogen-bond acceptors (Lipinski definition) is 6. The van der Waals surface area contributed by atoms with E-state index in [9.17, 15) is 14.4 Å². The van der Waals surface area contributed by atoms with Crippen LogP contribution in [0.3, 0.4) is 0 Å². The van der Waals surface area contributed by atoms with Crippen molar-refractivity contribution >= 4 is 23.7 Å². The van der Waals surface area contributed by atoms with Crippen LogP contribution in [-0.4, -0.2) is 127 Å². The number of piperidine rings is 2. The van der Waals surface area contributed by atoms with E-state index in [4.69, 9.17) is 4.74 Å². The van der Waals surface area contributed by atoms with E-state index >= 15 is 0 Å². The number of rotatable bonds is 6. The van der Waals surface area contributed by atoms with Gasteiger partial charge < -0.3 is 29.7 Å². The largest absolute Gasteiger partial charge is 0.436 e. The molecule has 4 aliphatic heterocycles. The highest BCUT2D eigenvalue weighted by atomic mass is 16.6. The molecule has 0 spiro atoms. The average molecular weight is 659 g/mol. The van der Waals surface area contributed by atoms with Gasteiger partial charge >= 0.3 is 12.1 Å². The lowest BCUT2D eigenvalue weighted by atomic mass is 9.96. The predicted molar refractivity (Wildman–Crippen MR) is 188 cm³/mol. The number of aryl methyl sites for hydroxylation is 2. The van der Waals surface area contributed by atoms with Crippen molar-refractivity contribution in [2.24, 2.45) is 0 Å². The molecule has 3 saturated heterocycles. The molecule has 3 fully saturated rings. The highest BCUT2D eigenvalue weighted by Crippen LogP contribution is 2.26. The van der Waals surface area contributed by atoms with Crippen molar-refractivity contribution in [1.82, 2.24) is 24.5 Å². The molecule has 4 aliphatic rings. The number of likely N-dealkylation sites (tertiary alicyclic amines) is 2. The van der Waals surface area contributed by atoms with E-state index in [0.29, 0.717) is 58.0 Å². The van der Waals surface area contributed by atoms with Crippen LogP contribution in [0.5, 0.6) is 0 Å². The van der Waals surface area contributed by atoms with E-state index in [-0.39, 0.29) is 18.0 Å². The Morgan fingerprint density at radius 1 is 0.833 bits per heavy atom.